The molecular weight excluding hydrogens is 177 g/mol. The van der Waals surface area contributed by atoms with Crippen LogP contribution in [-0.4, -0.2) is 17.4 Å². The Kier molecular flexibility index (Phi) is 2.03. The summed E-state index contributed by atoms with van der Waals surface area (Å²) in [6.45, 7) is 0. The molecule has 1 N–H and O–H groups in total. The fraction of sp³-hybridized carbons (Fsp3) is 0.200. The molecule has 0 saturated carbocycles. The van der Waals surface area contributed by atoms with Crippen molar-refractivity contribution >= 4 is 5.91 Å². The Balaban J connectivity index is 2.63. The molecule has 66 valence electrons. The first-order chi connectivity index (χ1) is 5.49. The summed E-state index contributed by atoms with van der Waals surface area (Å²) in [6.07, 6.45) is -3.67. The van der Waals surface area contributed by atoms with Crippen molar-refractivity contribution in [3.8, 4) is 0 Å². The number of hydrogen-bond acceptors (Lipinski definition) is 3. The third-order valence-electron chi connectivity index (χ3n) is 0.917. The van der Waals surface area contributed by atoms with Crippen molar-refractivity contribution < 1.29 is 22.5 Å². The number of amides is 1. The van der Waals surface area contributed by atoms with Gasteiger partial charge in [0.25, 0.3) is 5.91 Å². The maximum atomic E-state index is 11.5. The van der Waals surface area contributed by atoms with E-state index in [1.807, 2.05) is 0 Å². The predicted molar refractivity (Wildman–Crippen MR) is 30.0 cm³/mol. The lowest BCUT2D eigenvalue weighted by Crippen LogP contribution is -2.36. The van der Waals surface area contributed by atoms with Crippen molar-refractivity contribution in [2.75, 3.05) is 0 Å². The first-order valence-electron chi connectivity index (χ1n) is 2.79. The van der Waals surface area contributed by atoms with Gasteiger partial charge in [-0.15, -0.1) is 0 Å². The minimum atomic E-state index is -4.75. The fourth-order valence-corrected chi connectivity index (χ4v) is 0.523. The van der Waals surface area contributed by atoms with Crippen molar-refractivity contribution in [3.63, 3.8) is 0 Å². The van der Waals surface area contributed by atoms with E-state index in [9.17, 15) is 18.0 Å². The second kappa shape index (κ2) is 2.84. The van der Waals surface area contributed by atoms with Gasteiger partial charge in [0.2, 0.25) is 5.76 Å². The summed E-state index contributed by atoms with van der Waals surface area (Å²) in [5.74, 6) is -1.84. The molecule has 0 spiro atoms. The molecule has 0 radical (unpaired) electrons. The molecule has 1 heterocycles. The summed E-state index contributed by atoms with van der Waals surface area (Å²) in [5.41, 5.74) is 0. The van der Waals surface area contributed by atoms with Crippen LogP contribution < -0.4 is 5.32 Å². The van der Waals surface area contributed by atoms with E-state index < -0.39 is 18.0 Å². The smallest absolute Gasteiger partial charge is 0.351 e. The van der Waals surface area contributed by atoms with Gasteiger partial charge < -0.3 is 4.52 Å². The summed E-state index contributed by atoms with van der Waals surface area (Å²) in [7, 11) is 0. The van der Waals surface area contributed by atoms with Crippen molar-refractivity contribution in [1.82, 2.24) is 10.5 Å². The molecule has 1 rings (SSSR count). The van der Waals surface area contributed by atoms with E-state index in [-0.39, 0.29) is 0 Å². The highest BCUT2D eigenvalue weighted by molar-refractivity contribution is 5.91. The molecular formula is C5H3F3N2O2. The van der Waals surface area contributed by atoms with Gasteiger partial charge in [-0.25, -0.2) is 0 Å². The highest BCUT2D eigenvalue weighted by Gasteiger charge is 2.31. The van der Waals surface area contributed by atoms with Gasteiger partial charge in [0, 0.05) is 6.07 Å². The van der Waals surface area contributed by atoms with Crippen LogP contribution in [0, 0.1) is 0 Å². The zero-order chi connectivity index (χ0) is 9.19. The van der Waals surface area contributed by atoms with Gasteiger partial charge in [-0.2, -0.15) is 13.2 Å². The quantitative estimate of drug-likeness (QED) is 0.654. The predicted octanol–water partition coefficient (Wildman–Crippen LogP) is 0.924. The highest BCUT2D eigenvalue weighted by Crippen LogP contribution is 2.10. The normalized spacial score (nSPS) is 11.2. The lowest BCUT2D eigenvalue weighted by atomic mass is 10.4. The van der Waals surface area contributed by atoms with Gasteiger partial charge >= 0.3 is 6.30 Å². The van der Waals surface area contributed by atoms with Gasteiger partial charge in [-0.3, -0.25) is 10.1 Å². The third kappa shape index (κ3) is 2.26. The van der Waals surface area contributed by atoms with E-state index in [0.29, 0.717) is 0 Å². The van der Waals surface area contributed by atoms with Crippen LogP contribution in [0.4, 0.5) is 13.2 Å². The second-order valence-electron chi connectivity index (χ2n) is 1.83. The van der Waals surface area contributed by atoms with Gasteiger partial charge in [-0.05, 0) is 0 Å². The number of carbonyl (C=O) groups excluding carboxylic acids is 1. The molecule has 0 aliphatic heterocycles. The maximum Gasteiger partial charge on any atom is 0.484 e. The van der Waals surface area contributed by atoms with Crippen LogP contribution >= 0.6 is 0 Å². The van der Waals surface area contributed by atoms with E-state index >= 15 is 0 Å². The lowest BCUT2D eigenvalue weighted by Gasteiger charge is -2.04. The topological polar surface area (TPSA) is 55.1 Å². The highest BCUT2D eigenvalue weighted by atomic mass is 19.4. The van der Waals surface area contributed by atoms with E-state index in [1.165, 1.54) is 0 Å². The first-order valence-corrected chi connectivity index (χ1v) is 2.79. The van der Waals surface area contributed by atoms with Gasteiger partial charge in [0.15, 0.2) is 0 Å². The minimum Gasteiger partial charge on any atom is -0.351 e. The SMILES string of the molecule is O=C(NC(F)(F)F)c1ccno1. The fourth-order valence-electron chi connectivity index (χ4n) is 0.523. The molecule has 0 aliphatic rings. The van der Waals surface area contributed by atoms with Crippen LogP contribution in [0.3, 0.4) is 0 Å². The number of rotatable bonds is 1. The van der Waals surface area contributed by atoms with E-state index in [1.54, 1.807) is 0 Å². The molecule has 7 heteroatoms. The summed E-state index contributed by atoms with van der Waals surface area (Å²) < 4.78 is 38.7. The molecule has 1 amide bonds. The van der Waals surface area contributed by atoms with Crippen molar-refractivity contribution in [1.29, 1.82) is 0 Å². The molecule has 0 saturated heterocycles. The molecule has 1 aromatic rings. The van der Waals surface area contributed by atoms with Crippen molar-refractivity contribution in [2.24, 2.45) is 0 Å². The summed E-state index contributed by atoms with van der Waals surface area (Å²) in [4.78, 5) is 10.6. The summed E-state index contributed by atoms with van der Waals surface area (Å²) in [5, 5.41) is 3.82. The summed E-state index contributed by atoms with van der Waals surface area (Å²) in [6, 6.07) is 1.03. The number of hydrogen-bond donors (Lipinski definition) is 1. The Bertz CT molecular complexity index is 267. The van der Waals surface area contributed by atoms with Crippen LogP contribution in [0.15, 0.2) is 16.8 Å². The number of aromatic nitrogens is 1. The monoisotopic (exact) mass is 180 g/mol. The standard InChI is InChI=1S/C5H3F3N2O2/c6-5(7,8)10-4(11)3-1-2-9-12-3/h1-2H,(H,10,11). The van der Waals surface area contributed by atoms with E-state index in [4.69, 9.17) is 0 Å². The molecule has 0 bridgehead atoms. The second-order valence-corrected chi connectivity index (χ2v) is 1.83. The van der Waals surface area contributed by atoms with Crippen molar-refractivity contribution in [2.45, 2.75) is 6.30 Å². The van der Waals surface area contributed by atoms with Gasteiger partial charge in [0.1, 0.15) is 0 Å². The molecule has 0 aliphatic carbocycles. The molecule has 0 unspecified atom stereocenters. The Hall–Kier alpha value is -1.53. The minimum absolute atomic E-state index is 0.479. The number of nitrogens with zero attached hydrogens (tertiary/aromatic N) is 1. The van der Waals surface area contributed by atoms with Crippen LogP contribution in [0.1, 0.15) is 10.6 Å². The molecule has 0 atom stereocenters. The largest absolute Gasteiger partial charge is 0.484 e. The third-order valence-corrected chi connectivity index (χ3v) is 0.917. The molecule has 4 nitrogen and oxygen atoms in total. The Labute approximate surface area is 64.3 Å². The van der Waals surface area contributed by atoms with Crippen LogP contribution in [-0.2, 0) is 0 Å². The Morgan fingerprint density at radius 2 is 2.25 bits per heavy atom. The first kappa shape index (κ1) is 8.57. The summed E-state index contributed by atoms with van der Waals surface area (Å²) >= 11 is 0. The lowest BCUT2D eigenvalue weighted by molar-refractivity contribution is -0.147. The van der Waals surface area contributed by atoms with Crippen LogP contribution in [0.2, 0.25) is 0 Å². The Morgan fingerprint density at radius 3 is 2.67 bits per heavy atom. The number of halogens is 3. The van der Waals surface area contributed by atoms with E-state index in [0.717, 1.165) is 17.6 Å². The van der Waals surface area contributed by atoms with Crippen LogP contribution in [0.5, 0.6) is 0 Å². The molecule has 12 heavy (non-hydrogen) atoms. The number of alkyl halides is 3. The van der Waals surface area contributed by atoms with Crippen molar-refractivity contribution in [3.05, 3.63) is 18.0 Å². The van der Waals surface area contributed by atoms with Crippen LogP contribution in [0.25, 0.3) is 0 Å². The molecule has 0 fully saturated rings. The number of nitrogens with one attached hydrogen (secondary N) is 1. The molecule has 0 aromatic carbocycles. The van der Waals surface area contributed by atoms with E-state index in [2.05, 4.69) is 9.68 Å². The zero-order valence-electron chi connectivity index (χ0n) is 5.55. The zero-order valence-corrected chi connectivity index (χ0v) is 5.55. The average Bonchev–Trinajstić information content (AvgIpc) is 2.32. The molecule has 1 aromatic heterocycles. The number of carbonyl (C=O) groups is 1. The average molecular weight is 180 g/mol. The maximum absolute atomic E-state index is 11.5. The van der Waals surface area contributed by atoms with Gasteiger partial charge in [-0.1, -0.05) is 5.16 Å². The van der Waals surface area contributed by atoms with Gasteiger partial charge in [0.05, 0.1) is 6.20 Å². The Morgan fingerprint density at radius 1 is 1.58 bits per heavy atom.